The SMILES string of the molecule is O=C(O)c1nn(-c2ccc3c(c2)OCO3)c2ccccc2c1=O. The van der Waals surface area contributed by atoms with Crippen molar-refractivity contribution in [3.63, 3.8) is 0 Å². The number of rotatable bonds is 2. The monoisotopic (exact) mass is 310 g/mol. The van der Waals surface area contributed by atoms with Gasteiger partial charge in [0.2, 0.25) is 17.9 Å². The predicted octanol–water partition coefficient (Wildman–Crippen LogP) is 1.81. The number of carboxylic acid groups (broad SMARTS) is 1. The molecule has 1 aromatic heterocycles. The number of para-hydroxylation sites is 1. The summed E-state index contributed by atoms with van der Waals surface area (Å²) >= 11 is 0. The van der Waals surface area contributed by atoms with Crippen molar-refractivity contribution in [1.29, 1.82) is 0 Å². The van der Waals surface area contributed by atoms with Crippen LogP contribution >= 0.6 is 0 Å². The maximum atomic E-state index is 12.2. The van der Waals surface area contributed by atoms with Crippen molar-refractivity contribution in [1.82, 2.24) is 9.78 Å². The lowest BCUT2D eigenvalue weighted by Gasteiger charge is -2.11. The average molecular weight is 310 g/mol. The number of aromatic nitrogens is 2. The van der Waals surface area contributed by atoms with Crippen molar-refractivity contribution in [3.8, 4) is 17.2 Å². The summed E-state index contributed by atoms with van der Waals surface area (Å²) in [5, 5.41) is 13.5. The standard InChI is InChI=1S/C16H10N2O5/c19-15-10-3-1-2-4-11(10)18(17-14(15)16(20)21)9-5-6-12-13(7-9)23-8-22-12/h1-7H,8H2,(H,20,21). The van der Waals surface area contributed by atoms with Gasteiger partial charge in [-0.2, -0.15) is 5.10 Å². The summed E-state index contributed by atoms with van der Waals surface area (Å²) in [5.41, 5.74) is -0.0409. The van der Waals surface area contributed by atoms with Gasteiger partial charge in [-0.1, -0.05) is 12.1 Å². The Morgan fingerprint density at radius 3 is 2.74 bits per heavy atom. The highest BCUT2D eigenvalue weighted by Crippen LogP contribution is 2.33. The fraction of sp³-hybridized carbons (Fsp3) is 0.0625. The molecule has 0 saturated carbocycles. The number of carboxylic acids is 1. The molecule has 23 heavy (non-hydrogen) atoms. The van der Waals surface area contributed by atoms with Gasteiger partial charge in [0.25, 0.3) is 0 Å². The average Bonchev–Trinajstić information content (AvgIpc) is 3.02. The number of benzene rings is 2. The van der Waals surface area contributed by atoms with Gasteiger partial charge in [0.1, 0.15) is 0 Å². The lowest BCUT2D eigenvalue weighted by Crippen LogP contribution is -2.22. The van der Waals surface area contributed by atoms with E-state index in [1.807, 2.05) is 0 Å². The topological polar surface area (TPSA) is 90.7 Å². The molecule has 0 saturated heterocycles. The summed E-state index contributed by atoms with van der Waals surface area (Å²) in [7, 11) is 0. The molecule has 0 atom stereocenters. The summed E-state index contributed by atoms with van der Waals surface area (Å²) < 4.78 is 12.0. The van der Waals surface area contributed by atoms with Gasteiger partial charge in [-0.25, -0.2) is 9.48 Å². The quantitative estimate of drug-likeness (QED) is 0.776. The Morgan fingerprint density at radius 1 is 1.13 bits per heavy atom. The Balaban J connectivity index is 2.05. The lowest BCUT2D eigenvalue weighted by atomic mass is 10.2. The first kappa shape index (κ1) is 13.3. The molecule has 2 aromatic carbocycles. The molecule has 3 aromatic rings. The van der Waals surface area contributed by atoms with E-state index in [0.717, 1.165) is 0 Å². The largest absolute Gasteiger partial charge is 0.476 e. The molecular weight excluding hydrogens is 300 g/mol. The zero-order chi connectivity index (χ0) is 16.0. The number of carbonyl (C=O) groups is 1. The molecule has 1 N–H and O–H groups in total. The van der Waals surface area contributed by atoms with Gasteiger partial charge < -0.3 is 14.6 Å². The van der Waals surface area contributed by atoms with E-state index in [0.29, 0.717) is 22.7 Å². The summed E-state index contributed by atoms with van der Waals surface area (Å²) in [5.74, 6) is -0.211. The van der Waals surface area contributed by atoms with Gasteiger partial charge in [-0.3, -0.25) is 4.79 Å². The van der Waals surface area contributed by atoms with Crippen LogP contribution in [0.4, 0.5) is 0 Å². The zero-order valence-electron chi connectivity index (χ0n) is 11.7. The van der Waals surface area contributed by atoms with Crippen LogP contribution in [-0.2, 0) is 0 Å². The van der Waals surface area contributed by atoms with Gasteiger partial charge in [0.15, 0.2) is 11.5 Å². The Kier molecular flexibility index (Phi) is 2.80. The molecule has 4 rings (SSSR count). The third kappa shape index (κ3) is 2.02. The molecule has 114 valence electrons. The van der Waals surface area contributed by atoms with Crippen LogP contribution in [0.3, 0.4) is 0 Å². The third-order valence-electron chi connectivity index (χ3n) is 3.60. The molecule has 0 fully saturated rings. The van der Waals surface area contributed by atoms with E-state index in [4.69, 9.17) is 9.47 Å². The van der Waals surface area contributed by atoms with Crippen molar-refractivity contribution < 1.29 is 19.4 Å². The molecule has 7 heteroatoms. The van der Waals surface area contributed by atoms with Crippen molar-refractivity contribution >= 4 is 16.9 Å². The minimum atomic E-state index is -1.37. The second-order valence-electron chi connectivity index (χ2n) is 4.95. The Labute approximate surface area is 129 Å². The van der Waals surface area contributed by atoms with Crippen molar-refractivity contribution in [3.05, 3.63) is 58.4 Å². The zero-order valence-corrected chi connectivity index (χ0v) is 11.7. The molecule has 0 aliphatic carbocycles. The number of aromatic carboxylic acids is 1. The smallest absolute Gasteiger partial charge is 0.360 e. The van der Waals surface area contributed by atoms with E-state index in [-0.39, 0.29) is 12.2 Å². The van der Waals surface area contributed by atoms with Gasteiger partial charge in [-0.05, 0) is 24.3 Å². The minimum absolute atomic E-state index is 0.136. The lowest BCUT2D eigenvalue weighted by molar-refractivity contribution is 0.0687. The highest BCUT2D eigenvalue weighted by atomic mass is 16.7. The van der Waals surface area contributed by atoms with Crippen LogP contribution in [0.5, 0.6) is 11.5 Å². The molecule has 0 unspecified atom stereocenters. The highest BCUT2D eigenvalue weighted by Gasteiger charge is 2.19. The van der Waals surface area contributed by atoms with Crippen LogP contribution in [0.2, 0.25) is 0 Å². The van der Waals surface area contributed by atoms with E-state index < -0.39 is 17.1 Å². The van der Waals surface area contributed by atoms with Crippen LogP contribution in [-0.4, -0.2) is 27.6 Å². The van der Waals surface area contributed by atoms with Crippen LogP contribution in [0.1, 0.15) is 10.5 Å². The number of fused-ring (bicyclic) bond motifs is 2. The first-order valence-electron chi connectivity index (χ1n) is 6.80. The maximum absolute atomic E-state index is 12.2. The number of ether oxygens (including phenoxy) is 2. The van der Waals surface area contributed by atoms with E-state index in [1.54, 1.807) is 42.5 Å². The Bertz CT molecular complexity index is 1010. The van der Waals surface area contributed by atoms with Crippen LogP contribution in [0, 0.1) is 0 Å². The number of hydrogen-bond acceptors (Lipinski definition) is 5. The molecule has 2 heterocycles. The molecule has 1 aliphatic heterocycles. The maximum Gasteiger partial charge on any atom is 0.360 e. The van der Waals surface area contributed by atoms with E-state index in [9.17, 15) is 14.7 Å². The van der Waals surface area contributed by atoms with Gasteiger partial charge >= 0.3 is 5.97 Å². The van der Waals surface area contributed by atoms with Crippen LogP contribution < -0.4 is 14.9 Å². The van der Waals surface area contributed by atoms with Gasteiger partial charge in [0, 0.05) is 6.07 Å². The molecule has 0 radical (unpaired) electrons. The van der Waals surface area contributed by atoms with Crippen molar-refractivity contribution in [2.75, 3.05) is 6.79 Å². The number of nitrogens with zero attached hydrogens (tertiary/aromatic N) is 2. The molecule has 0 amide bonds. The summed E-state index contributed by atoms with van der Waals surface area (Å²) in [6.45, 7) is 0.136. The molecule has 1 aliphatic rings. The Morgan fingerprint density at radius 2 is 1.91 bits per heavy atom. The van der Waals surface area contributed by atoms with Gasteiger partial charge in [0.05, 0.1) is 16.6 Å². The fourth-order valence-electron chi connectivity index (χ4n) is 2.53. The predicted molar refractivity (Wildman–Crippen MR) is 80.4 cm³/mol. The normalized spacial score (nSPS) is 12.5. The first-order valence-corrected chi connectivity index (χ1v) is 6.80. The number of hydrogen-bond donors (Lipinski definition) is 1. The third-order valence-corrected chi connectivity index (χ3v) is 3.60. The summed E-state index contributed by atoms with van der Waals surface area (Å²) in [6.07, 6.45) is 0. The molecular formula is C16H10N2O5. The summed E-state index contributed by atoms with van der Waals surface area (Å²) in [6, 6.07) is 11.9. The van der Waals surface area contributed by atoms with E-state index in [2.05, 4.69) is 5.10 Å². The van der Waals surface area contributed by atoms with Crippen LogP contribution in [0.15, 0.2) is 47.3 Å². The van der Waals surface area contributed by atoms with Crippen molar-refractivity contribution in [2.45, 2.75) is 0 Å². The van der Waals surface area contributed by atoms with Gasteiger partial charge in [-0.15, -0.1) is 0 Å². The fourth-order valence-corrected chi connectivity index (χ4v) is 2.53. The Hall–Kier alpha value is -3.35. The molecule has 0 spiro atoms. The van der Waals surface area contributed by atoms with E-state index >= 15 is 0 Å². The second kappa shape index (κ2) is 4.84. The first-order chi connectivity index (χ1) is 11.1. The highest BCUT2D eigenvalue weighted by molar-refractivity contribution is 5.90. The molecule has 0 bridgehead atoms. The van der Waals surface area contributed by atoms with Crippen LogP contribution in [0.25, 0.3) is 16.6 Å². The second-order valence-corrected chi connectivity index (χ2v) is 4.95. The minimum Gasteiger partial charge on any atom is -0.476 e. The summed E-state index contributed by atoms with van der Waals surface area (Å²) in [4.78, 5) is 23.6. The molecule has 7 nitrogen and oxygen atoms in total. The van der Waals surface area contributed by atoms with E-state index in [1.165, 1.54) is 4.68 Å². The van der Waals surface area contributed by atoms with Crippen molar-refractivity contribution in [2.24, 2.45) is 0 Å².